The Morgan fingerprint density at radius 3 is 2.52 bits per heavy atom. The minimum Gasteiger partial charge on any atom is -0.489 e. The number of fused-ring (bicyclic) bond motifs is 1. The Bertz CT molecular complexity index is 1220. The first kappa shape index (κ1) is 20.8. The van der Waals surface area contributed by atoms with Gasteiger partial charge in [0.05, 0.1) is 12.6 Å². The molecule has 0 saturated carbocycles. The van der Waals surface area contributed by atoms with Crippen molar-refractivity contribution in [3.8, 4) is 5.75 Å². The summed E-state index contributed by atoms with van der Waals surface area (Å²) in [6, 6.07) is 29.5. The van der Waals surface area contributed by atoms with Gasteiger partial charge in [0.15, 0.2) is 0 Å². The van der Waals surface area contributed by atoms with Crippen molar-refractivity contribution in [3.05, 3.63) is 112 Å². The lowest BCUT2D eigenvalue weighted by Crippen LogP contribution is -2.19. The molecule has 1 N–H and O–H groups in total. The maximum atomic E-state index is 12.4. The molecule has 154 valence electrons. The van der Waals surface area contributed by atoms with E-state index in [2.05, 4.69) is 26.5 Å². The number of nitrogens with zero attached hydrogens (tertiary/aromatic N) is 1. The van der Waals surface area contributed by atoms with Gasteiger partial charge in [-0.15, -0.1) is 0 Å². The minimum atomic E-state index is -0.166. The molecule has 0 heterocycles. The number of ether oxygens (including phenoxy) is 1. The number of halogens is 1. The Morgan fingerprint density at radius 2 is 1.68 bits per heavy atom. The standard InChI is InChI=1S/C26H21BrN2O2/c27-25-14-13-21(23-11-4-5-12-24(23)25)16-26(30)29-28-17-20-9-6-10-22(15-20)31-18-19-7-2-1-3-8-19/h1-15,17H,16,18H2,(H,29,30)/b28-17+. The summed E-state index contributed by atoms with van der Waals surface area (Å²) in [5.41, 5.74) is 5.53. The van der Waals surface area contributed by atoms with Crippen LogP contribution in [0.15, 0.2) is 101 Å². The van der Waals surface area contributed by atoms with E-state index in [1.165, 1.54) is 0 Å². The van der Waals surface area contributed by atoms with E-state index in [1.54, 1.807) is 6.21 Å². The number of rotatable bonds is 7. The van der Waals surface area contributed by atoms with Gasteiger partial charge in [0.25, 0.3) is 0 Å². The molecule has 0 atom stereocenters. The van der Waals surface area contributed by atoms with Crippen LogP contribution in [0.2, 0.25) is 0 Å². The van der Waals surface area contributed by atoms with Gasteiger partial charge in [-0.05, 0) is 45.7 Å². The van der Waals surface area contributed by atoms with Gasteiger partial charge >= 0.3 is 0 Å². The second-order valence-electron chi connectivity index (χ2n) is 7.07. The van der Waals surface area contributed by atoms with E-state index in [0.29, 0.717) is 6.61 Å². The van der Waals surface area contributed by atoms with Crippen LogP contribution in [0, 0.1) is 0 Å². The lowest BCUT2D eigenvalue weighted by molar-refractivity contribution is -0.120. The van der Waals surface area contributed by atoms with Crippen molar-refractivity contribution in [1.82, 2.24) is 5.43 Å². The molecule has 0 radical (unpaired) electrons. The monoisotopic (exact) mass is 472 g/mol. The van der Waals surface area contributed by atoms with Crippen molar-refractivity contribution in [2.24, 2.45) is 5.10 Å². The Kier molecular flexibility index (Phi) is 6.75. The molecular weight excluding hydrogens is 452 g/mol. The number of carbonyl (C=O) groups excluding carboxylic acids is 1. The smallest absolute Gasteiger partial charge is 0.244 e. The summed E-state index contributed by atoms with van der Waals surface area (Å²) in [7, 11) is 0. The maximum absolute atomic E-state index is 12.4. The predicted octanol–water partition coefficient (Wildman–Crippen LogP) is 5.87. The Morgan fingerprint density at radius 1 is 0.903 bits per heavy atom. The number of benzene rings is 4. The molecular formula is C26H21BrN2O2. The van der Waals surface area contributed by atoms with E-state index in [-0.39, 0.29) is 12.3 Å². The number of hydrogen-bond acceptors (Lipinski definition) is 3. The van der Waals surface area contributed by atoms with Crippen LogP contribution in [0.4, 0.5) is 0 Å². The molecule has 4 rings (SSSR count). The first-order valence-corrected chi connectivity index (χ1v) is 10.7. The van der Waals surface area contributed by atoms with Crippen LogP contribution in [0.3, 0.4) is 0 Å². The predicted molar refractivity (Wildman–Crippen MR) is 128 cm³/mol. The molecule has 0 spiro atoms. The first-order chi connectivity index (χ1) is 15.2. The average molecular weight is 473 g/mol. The van der Waals surface area contributed by atoms with Crippen LogP contribution in [0.25, 0.3) is 10.8 Å². The fraction of sp³-hybridized carbons (Fsp3) is 0.0769. The van der Waals surface area contributed by atoms with Gasteiger partial charge in [-0.25, -0.2) is 5.43 Å². The third-order valence-corrected chi connectivity index (χ3v) is 5.51. The highest BCUT2D eigenvalue weighted by atomic mass is 79.9. The maximum Gasteiger partial charge on any atom is 0.244 e. The largest absolute Gasteiger partial charge is 0.489 e. The Balaban J connectivity index is 1.36. The van der Waals surface area contributed by atoms with Crippen molar-refractivity contribution in [1.29, 1.82) is 0 Å². The molecule has 0 aliphatic heterocycles. The fourth-order valence-corrected chi connectivity index (χ4v) is 3.77. The van der Waals surface area contributed by atoms with Gasteiger partial charge in [0, 0.05) is 4.47 Å². The molecule has 31 heavy (non-hydrogen) atoms. The molecule has 0 unspecified atom stereocenters. The molecule has 4 nitrogen and oxygen atoms in total. The zero-order chi connectivity index (χ0) is 21.5. The van der Waals surface area contributed by atoms with Crippen molar-refractivity contribution in [2.75, 3.05) is 0 Å². The third-order valence-electron chi connectivity index (χ3n) is 4.82. The normalized spacial score (nSPS) is 11.0. The van der Waals surface area contributed by atoms with E-state index in [1.807, 2.05) is 91.0 Å². The van der Waals surface area contributed by atoms with Gasteiger partial charge < -0.3 is 4.74 Å². The quantitative estimate of drug-likeness (QED) is 0.270. The minimum absolute atomic E-state index is 0.166. The van der Waals surface area contributed by atoms with Crippen molar-refractivity contribution in [3.63, 3.8) is 0 Å². The number of amides is 1. The van der Waals surface area contributed by atoms with Gasteiger partial charge in [-0.1, -0.05) is 88.7 Å². The molecule has 5 heteroatoms. The highest BCUT2D eigenvalue weighted by molar-refractivity contribution is 9.10. The summed E-state index contributed by atoms with van der Waals surface area (Å²) in [5.74, 6) is 0.584. The van der Waals surface area contributed by atoms with E-state index in [0.717, 1.165) is 37.7 Å². The molecule has 1 amide bonds. The summed E-state index contributed by atoms with van der Waals surface area (Å²) in [4.78, 5) is 12.4. The highest BCUT2D eigenvalue weighted by Crippen LogP contribution is 2.27. The van der Waals surface area contributed by atoms with Crippen LogP contribution in [-0.2, 0) is 17.8 Å². The van der Waals surface area contributed by atoms with Gasteiger partial charge in [0.2, 0.25) is 5.91 Å². The fourth-order valence-electron chi connectivity index (χ4n) is 3.30. The molecule has 4 aromatic rings. The van der Waals surface area contributed by atoms with E-state index >= 15 is 0 Å². The second kappa shape index (κ2) is 10.0. The summed E-state index contributed by atoms with van der Waals surface area (Å²) < 4.78 is 6.85. The molecule has 0 aromatic heterocycles. The van der Waals surface area contributed by atoms with Crippen LogP contribution in [0.1, 0.15) is 16.7 Å². The van der Waals surface area contributed by atoms with E-state index < -0.39 is 0 Å². The van der Waals surface area contributed by atoms with E-state index in [4.69, 9.17) is 4.74 Å². The zero-order valence-corrected chi connectivity index (χ0v) is 18.4. The van der Waals surface area contributed by atoms with E-state index in [9.17, 15) is 4.79 Å². The topological polar surface area (TPSA) is 50.7 Å². The Labute approximate surface area is 189 Å². The first-order valence-electron chi connectivity index (χ1n) is 9.94. The third kappa shape index (κ3) is 5.58. The molecule has 0 aliphatic rings. The molecule has 0 bridgehead atoms. The van der Waals surface area contributed by atoms with Crippen LogP contribution in [0.5, 0.6) is 5.75 Å². The number of carbonyl (C=O) groups is 1. The van der Waals surface area contributed by atoms with Gasteiger partial charge in [-0.3, -0.25) is 4.79 Å². The van der Waals surface area contributed by atoms with Crippen molar-refractivity contribution < 1.29 is 9.53 Å². The second-order valence-corrected chi connectivity index (χ2v) is 7.92. The van der Waals surface area contributed by atoms with Crippen LogP contribution in [-0.4, -0.2) is 12.1 Å². The Hall–Kier alpha value is -3.44. The van der Waals surface area contributed by atoms with Gasteiger partial charge in [-0.2, -0.15) is 5.10 Å². The number of nitrogens with one attached hydrogen (secondary N) is 1. The van der Waals surface area contributed by atoms with Gasteiger partial charge in [0.1, 0.15) is 12.4 Å². The lowest BCUT2D eigenvalue weighted by atomic mass is 10.0. The zero-order valence-electron chi connectivity index (χ0n) is 16.8. The highest BCUT2D eigenvalue weighted by Gasteiger charge is 2.08. The molecule has 0 aliphatic carbocycles. The molecule has 0 fully saturated rings. The summed E-state index contributed by atoms with van der Waals surface area (Å²) in [6.07, 6.45) is 1.87. The SMILES string of the molecule is O=C(Cc1ccc(Br)c2ccccc12)N/N=C/c1cccc(OCc2ccccc2)c1. The molecule has 4 aromatic carbocycles. The van der Waals surface area contributed by atoms with Crippen LogP contribution < -0.4 is 10.2 Å². The summed E-state index contributed by atoms with van der Waals surface area (Å²) in [6.45, 7) is 0.499. The van der Waals surface area contributed by atoms with Crippen LogP contribution >= 0.6 is 15.9 Å². The number of hydrazone groups is 1. The number of hydrogen-bond donors (Lipinski definition) is 1. The average Bonchev–Trinajstić information content (AvgIpc) is 2.81. The summed E-state index contributed by atoms with van der Waals surface area (Å²) in [5, 5.41) is 6.25. The van der Waals surface area contributed by atoms with Crippen molar-refractivity contribution >= 4 is 38.8 Å². The summed E-state index contributed by atoms with van der Waals surface area (Å²) >= 11 is 3.56. The lowest BCUT2D eigenvalue weighted by Gasteiger charge is -2.08. The molecule has 0 saturated heterocycles. The van der Waals surface area contributed by atoms with Crippen molar-refractivity contribution in [2.45, 2.75) is 13.0 Å².